The molecule has 4 aliphatic rings. The fourth-order valence-electron chi connectivity index (χ4n) is 4.16. The number of hydrogen-bond donors (Lipinski definition) is 0. The third kappa shape index (κ3) is 1.04. The summed E-state index contributed by atoms with van der Waals surface area (Å²) in [7, 11) is 0. The Morgan fingerprint density at radius 2 is 1.45 bits per heavy atom. The molecule has 0 aliphatic heterocycles. The Balaban J connectivity index is 2.15. The van der Waals surface area contributed by atoms with Crippen LogP contribution < -0.4 is 0 Å². The minimum atomic E-state index is -0.159. The minimum Gasteiger partial charge on any atom is -0.298 e. The van der Waals surface area contributed by atoms with E-state index in [1.807, 2.05) is 6.08 Å². The fourth-order valence-corrected chi connectivity index (χ4v) is 4.16. The Morgan fingerprint density at radius 3 is 2.20 bits per heavy atom. The van der Waals surface area contributed by atoms with Crippen molar-refractivity contribution in [3.05, 3.63) is 82.5 Å². The van der Waals surface area contributed by atoms with Crippen LogP contribution in [0.3, 0.4) is 0 Å². The Labute approximate surface area is 119 Å². The van der Waals surface area contributed by atoms with E-state index in [9.17, 15) is 4.79 Å². The van der Waals surface area contributed by atoms with Gasteiger partial charge in [0.15, 0.2) is 0 Å². The molecule has 0 N–H and O–H groups in total. The summed E-state index contributed by atoms with van der Waals surface area (Å²) in [6.45, 7) is 4.57. The van der Waals surface area contributed by atoms with E-state index in [2.05, 4.69) is 62.5 Å². The van der Waals surface area contributed by atoms with Crippen molar-refractivity contribution in [3.63, 3.8) is 0 Å². The number of aldehydes is 1. The first-order chi connectivity index (χ1) is 9.62. The maximum atomic E-state index is 11.4. The first-order valence-electron chi connectivity index (χ1n) is 7.00. The van der Waals surface area contributed by atoms with Gasteiger partial charge in [-0.2, -0.15) is 0 Å². The van der Waals surface area contributed by atoms with Crippen molar-refractivity contribution in [1.82, 2.24) is 0 Å². The first-order valence-corrected chi connectivity index (χ1v) is 7.00. The SMILES string of the molecule is C[C@]12C3=CC=CC1=CC=C1C=CC(C=O)=C(C=C3)[C@@]12C. The lowest BCUT2D eigenvalue weighted by atomic mass is 9.46. The standard InChI is InChI=1S/C19H16O/c1-18-14-4-3-5-15(18)10-11-17-13(12-20)6-7-16(9-8-14)19(17,18)2/h3-12H,1-2H3/t18-,19-/m1/s1. The molecule has 1 heteroatoms. The van der Waals surface area contributed by atoms with Crippen molar-refractivity contribution in [2.24, 2.45) is 10.8 Å². The summed E-state index contributed by atoms with van der Waals surface area (Å²) in [5.41, 5.74) is 5.63. The molecule has 0 bridgehead atoms. The molecule has 0 saturated carbocycles. The van der Waals surface area contributed by atoms with Gasteiger partial charge in [0.2, 0.25) is 0 Å². The zero-order valence-electron chi connectivity index (χ0n) is 11.7. The number of carbonyl (C=O) groups excluding carboxylic acids is 1. The van der Waals surface area contributed by atoms with Crippen molar-refractivity contribution in [2.45, 2.75) is 13.8 Å². The number of hydrogen-bond acceptors (Lipinski definition) is 1. The summed E-state index contributed by atoms with van der Waals surface area (Å²) < 4.78 is 0. The molecule has 0 fully saturated rings. The largest absolute Gasteiger partial charge is 0.298 e. The smallest absolute Gasteiger partial charge is 0.150 e. The predicted molar refractivity (Wildman–Crippen MR) is 81.0 cm³/mol. The topological polar surface area (TPSA) is 17.1 Å². The number of rotatable bonds is 1. The quantitative estimate of drug-likeness (QED) is 0.651. The summed E-state index contributed by atoms with van der Waals surface area (Å²) in [4.78, 5) is 11.4. The van der Waals surface area contributed by atoms with Gasteiger partial charge >= 0.3 is 0 Å². The Bertz CT molecular complexity index is 749. The van der Waals surface area contributed by atoms with E-state index in [4.69, 9.17) is 0 Å². The van der Waals surface area contributed by atoms with E-state index in [-0.39, 0.29) is 10.8 Å². The molecule has 0 saturated heterocycles. The van der Waals surface area contributed by atoms with E-state index in [1.54, 1.807) is 0 Å². The van der Waals surface area contributed by atoms with Crippen LogP contribution in [0.25, 0.3) is 0 Å². The normalized spacial score (nSPS) is 36.2. The van der Waals surface area contributed by atoms with E-state index in [0.717, 1.165) is 17.4 Å². The minimum absolute atomic E-state index is 0.0884. The molecule has 4 aliphatic carbocycles. The van der Waals surface area contributed by atoms with Crippen LogP contribution >= 0.6 is 0 Å². The Kier molecular flexibility index (Phi) is 2.03. The van der Waals surface area contributed by atoms with Gasteiger partial charge in [-0.3, -0.25) is 4.79 Å². The van der Waals surface area contributed by atoms with Gasteiger partial charge in [-0.15, -0.1) is 0 Å². The van der Waals surface area contributed by atoms with Crippen LogP contribution in [0.15, 0.2) is 82.5 Å². The molecule has 1 nitrogen and oxygen atoms in total. The van der Waals surface area contributed by atoms with Crippen LogP contribution in [0.1, 0.15) is 13.8 Å². The molecule has 0 aromatic heterocycles. The molecule has 0 spiro atoms. The molecule has 4 rings (SSSR count). The highest BCUT2D eigenvalue weighted by atomic mass is 16.1. The van der Waals surface area contributed by atoms with Gasteiger partial charge in [-0.05, 0) is 22.3 Å². The highest BCUT2D eigenvalue weighted by molar-refractivity contribution is 5.84. The van der Waals surface area contributed by atoms with Gasteiger partial charge in [0.05, 0.1) is 0 Å². The third-order valence-corrected chi connectivity index (χ3v) is 5.57. The van der Waals surface area contributed by atoms with Crippen LogP contribution in [0.4, 0.5) is 0 Å². The molecule has 98 valence electrons. The molecule has 0 amide bonds. The molecule has 0 unspecified atom stereocenters. The van der Waals surface area contributed by atoms with Gasteiger partial charge in [-0.1, -0.05) is 68.5 Å². The Hall–Kier alpha value is -2.15. The van der Waals surface area contributed by atoms with Gasteiger partial charge in [0.25, 0.3) is 0 Å². The van der Waals surface area contributed by atoms with Gasteiger partial charge in [-0.25, -0.2) is 0 Å². The molecule has 0 radical (unpaired) electrons. The monoisotopic (exact) mass is 260 g/mol. The summed E-state index contributed by atoms with van der Waals surface area (Å²) >= 11 is 0. The molecule has 2 atom stereocenters. The van der Waals surface area contributed by atoms with Gasteiger partial charge in [0.1, 0.15) is 6.29 Å². The highest BCUT2D eigenvalue weighted by Crippen LogP contribution is 2.65. The second-order valence-electron chi connectivity index (χ2n) is 6.13. The van der Waals surface area contributed by atoms with Crippen molar-refractivity contribution in [1.29, 1.82) is 0 Å². The van der Waals surface area contributed by atoms with Crippen LogP contribution in [-0.2, 0) is 4.79 Å². The summed E-state index contributed by atoms with van der Waals surface area (Å²) in [6.07, 6.45) is 20.2. The molecular weight excluding hydrogens is 244 g/mol. The Morgan fingerprint density at radius 1 is 0.800 bits per heavy atom. The third-order valence-electron chi connectivity index (χ3n) is 5.57. The molecule has 20 heavy (non-hydrogen) atoms. The van der Waals surface area contributed by atoms with E-state index < -0.39 is 0 Å². The first kappa shape index (κ1) is 11.7. The molecule has 0 aromatic carbocycles. The van der Waals surface area contributed by atoms with E-state index in [1.165, 1.54) is 16.7 Å². The average Bonchev–Trinajstić information content (AvgIpc) is 2.45. The van der Waals surface area contributed by atoms with Crippen molar-refractivity contribution < 1.29 is 4.79 Å². The lowest BCUT2D eigenvalue weighted by Crippen LogP contribution is -2.47. The summed E-state index contributed by atoms with van der Waals surface area (Å²) in [6, 6.07) is 0. The zero-order valence-corrected chi connectivity index (χ0v) is 11.7. The van der Waals surface area contributed by atoms with E-state index in [0.29, 0.717) is 0 Å². The van der Waals surface area contributed by atoms with Gasteiger partial charge < -0.3 is 0 Å². The zero-order chi connectivity index (χ0) is 14.0. The van der Waals surface area contributed by atoms with Crippen LogP contribution in [-0.4, -0.2) is 6.29 Å². The molecule has 0 aromatic rings. The van der Waals surface area contributed by atoms with Crippen LogP contribution in [0.2, 0.25) is 0 Å². The maximum absolute atomic E-state index is 11.4. The summed E-state index contributed by atoms with van der Waals surface area (Å²) in [5.74, 6) is 0. The van der Waals surface area contributed by atoms with Gasteiger partial charge in [0, 0.05) is 16.4 Å². The average molecular weight is 260 g/mol. The van der Waals surface area contributed by atoms with Crippen LogP contribution in [0.5, 0.6) is 0 Å². The lowest BCUT2D eigenvalue weighted by molar-refractivity contribution is -0.104. The fraction of sp³-hybridized carbons (Fsp3) is 0.211. The van der Waals surface area contributed by atoms with Crippen LogP contribution in [0, 0.1) is 10.8 Å². The molecule has 0 heterocycles. The second-order valence-corrected chi connectivity index (χ2v) is 6.13. The molecular formula is C19H16O. The van der Waals surface area contributed by atoms with Crippen molar-refractivity contribution >= 4 is 6.29 Å². The summed E-state index contributed by atoms with van der Waals surface area (Å²) in [5, 5.41) is 0. The second kappa shape index (κ2) is 3.49. The number of carbonyl (C=O) groups is 1. The number of allylic oxidation sites excluding steroid dienone is 14. The maximum Gasteiger partial charge on any atom is 0.150 e. The highest BCUT2D eigenvalue weighted by Gasteiger charge is 2.56. The predicted octanol–water partition coefficient (Wildman–Crippen LogP) is 4.00. The lowest BCUT2D eigenvalue weighted by Gasteiger charge is -2.56. The van der Waals surface area contributed by atoms with E-state index >= 15 is 0 Å². The van der Waals surface area contributed by atoms with Crippen molar-refractivity contribution in [3.8, 4) is 0 Å². The van der Waals surface area contributed by atoms with Crippen molar-refractivity contribution in [2.75, 3.05) is 0 Å².